The van der Waals surface area contributed by atoms with Crippen molar-refractivity contribution in [3.8, 4) is 0 Å². The van der Waals surface area contributed by atoms with Crippen molar-refractivity contribution in [1.82, 2.24) is 5.32 Å². The van der Waals surface area contributed by atoms with Crippen molar-refractivity contribution in [3.05, 3.63) is 47.5 Å². The molecule has 2 atom stereocenters. The molecule has 0 heterocycles. The van der Waals surface area contributed by atoms with E-state index in [2.05, 4.69) is 11.9 Å². The average Bonchev–Trinajstić information content (AvgIpc) is 2.40. The third-order valence-corrected chi connectivity index (χ3v) is 3.17. The van der Waals surface area contributed by atoms with Crippen LogP contribution in [0.1, 0.15) is 18.9 Å². The first-order valence-corrected chi connectivity index (χ1v) is 6.91. The van der Waals surface area contributed by atoms with Gasteiger partial charge in [-0.2, -0.15) is 0 Å². The third kappa shape index (κ3) is 5.63. The number of ether oxygens (including phenoxy) is 1. The lowest BCUT2D eigenvalue weighted by atomic mass is 9.94. The molecule has 5 heteroatoms. The Morgan fingerprint density at radius 2 is 2.15 bits per heavy atom. The van der Waals surface area contributed by atoms with Gasteiger partial charge in [0.05, 0.1) is 0 Å². The second kappa shape index (κ2) is 8.61. The summed E-state index contributed by atoms with van der Waals surface area (Å²) in [5, 5.41) is 12.0. The summed E-state index contributed by atoms with van der Waals surface area (Å²) in [5.74, 6) is -0.00951. The fraction of sp³-hybridized carbons (Fsp3) is 0.400. The molecule has 0 aliphatic rings. The summed E-state index contributed by atoms with van der Waals surface area (Å²) in [6.45, 7) is 6.01. The number of carboxylic acid groups (broad SMARTS) is 1. The minimum atomic E-state index is -1.09. The van der Waals surface area contributed by atoms with E-state index in [9.17, 15) is 4.79 Å². The van der Waals surface area contributed by atoms with Crippen molar-refractivity contribution in [2.24, 2.45) is 5.92 Å². The largest absolute Gasteiger partial charge is 0.465 e. The third-order valence-electron chi connectivity index (χ3n) is 2.92. The van der Waals surface area contributed by atoms with Crippen LogP contribution in [-0.2, 0) is 11.2 Å². The highest BCUT2D eigenvalue weighted by molar-refractivity contribution is 6.30. The zero-order chi connectivity index (χ0) is 15.0. The molecule has 0 aliphatic heterocycles. The molecular weight excluding hydrogens is 278 g/mol. The van der Waals surface area contributed by atoms with E-state index in [1.807, 2.05) is 31.2 Å². The van der Waals surface area contributed by atoms with Crippen LogP contribution in [0.25, 0.3) is 0 Å². The second-order valence-electron chi connectivity index (χ2n) is 4.44. The van der Waals surface area contributed by atoms with E-state index in [0.29, 0.717) is 24.5 Å². The van der Waals surface area contributed by atoms with Crippen LogP contribution in [0.4, 0.5) is 4.79 Å². The average molecular weight is 298 g/mol. The van der Waals surface area contributed by atoms with E-state index in [1.165, 1.54) is 0 Å². The molecule has 0 bridgehead atoms. The van der Waals surface area contributed by atoms with Crippen LogP contribution in [0.3, 0.4) is 0 Å². The van der Waals surface area contributed by atoms with Crippen molar-refractivity contribution in [1.29, 1.82) is 0 Å². The van der Waals surface area contributed by atoms with Crippen molar-refractivity contribution in [2.75, 3.05) is 6.61 Å². The summed E-state index contributed by atoms with van der Waals surface area (Å²) in [6, 6.07) is 7.51. The first-order chi connectivity index (χ1) is 9.56. The standard InChI is InChI=1S/C15H20ClNO3/c1-3-5-12(14(20-4-2)17-15(18)19)10-11-6-8-13(16)9-7-11/h3,6-9,12,14,17H,1,4-5,10H2,2H3,(H,18,19). The number of hydrogen-bond acceptors (Lipinski definition) is 2. The van der Waals surface area contributed by atoms with Gasteiger partial charge in [0.15, 0.2) is 0 Å². The van der Waals surface area contributed by atoms with Crippen LogP contribution in [0.5, 0.6) is 0 Å². The Morgan fingerprint density at radius 1 is 1.50 bits per heavy atom. The summed E-state index contributed by atoms with van der Waals surface area (Å²) >= 11 is 5.86. The molecule has 0 spiro atoms. The molecule has 0 saturated heterocycles. The lowest BCUT2D eigenvalue weighted by Crippen LogP contribution is -2.42. The van der Waals surface area contributed by atoms with Crippen molar-refractivity contribution in [2.45, 2.75) is 26.0 Å². The lowest BCUT2D eigenvalue weighted by molar-refractivity contribution is -0.000107. The molecule has 4 nitrogen and oxygen atoms in total. The zero-order valence-corrected chi connectivity index (χ0v) is 12.3. The maximum atomic E-state index is 10.9. The van der Waals surface area contributed by atoms with Gasteiger partial charge in [-0.1, -0.05) is 29.8 Å². The smallest absolute Gasteiger partial charge is 0.406 e. The Hall–Kier alpha value is -1.52. The Balaban J connectivity index is 2.80. The Bertz CT molecular complexity index is 433. The number of nitrogens with one attached hydrogen (secondary N) is 1. The number of hydrogen-bond donors (Lipinski definition) is 2. The molecule has 2 unspecified atom stereocenters. The molecule has 1 aromatic carbocycles. The van der Waals surface area contributed by atoms with Crippen LogP contribution < -0.4 is 5.32 Å². The summed E-state index contributed by atoms with van der Waals surface area (Å²) in [4.78, 5) is 10.9. The first-order valence-electron chi connectivity index (χ1n) is 6.53. The van der Waals surface area contributed by atoms with Gasteiger partial charge in [-0.15, -0.1) is 6.58 Å². The van der Waals surface area contributed by atoms with E-state index in [-0.39, 0.29) is 5.92 Å². The molecule has 0 saturated carbocycles. The number of carbonyl (C=O) groups is 1. The van der Waals surface area contributed by atoms with E-state index >= 15 is 0 Å². The molecule has 1 rings (SSSR count). The van der Waals surface area contributed by atoms with Gasteiger partial charge in [0.25, 0.3) is 0 Å². The zero-order valence-electron chi connectivity index (χ0n) is 11.5. The van der Waals surface area contributed by atoms with Gasteiger partial charge in [-0.3, -0.25) is 5.32 Å². The number of halogens is 1. The van der Waals surface area contributed by atoms with Crippen LogP contribution in [-0.4, -0.2) is 24.0 Å². The molecule has 0 aliphatic carbocycles. The molecule has 1 amide bonds. The van der Waals surface area contributed by atoms with Crippen molar-refractivity contribution < 1.29 is 14.6 Å². The lowest BCUT2D eigenvalue weighted by Gasteiger charge is -2.26. The highest BCUT2D eigenvalue weighted by Gasteiger charge is 2.23. The molecule has 110 valence electrons. The number of allylic oxidation sites excluding steroid dienone is 1. The van der Waals surface area contributed by atoms with E-state index in [4.69, 9.17) is 21.4 Å². The van der Waals surface area contributed by atoms with Gasteiger partial charge in [0.2, 0.25) is 0 Å². The van der Waals surface area contributed by atoms with Crippen LogP contribution in [0.2, 0.25) is 5.02 Å². The van der Waals surface area contributed by atoms with E-state index in [1.54, 1.807) is 6.08 Å². The van der Waals surface area contributed by atoms with Gasteiger partial charge < -0.3 is 9.84 Å². The maximum Gasteiger partial charge on any atom is 0.406 e. The monoisotopic (exact) mass is 297 g/mol. The molecule has 1 aromatic rings. The Kier molecular flexibility index (Phi) is 7.12. The normalized spacial score (nSPS) is 13.5. The molecular formula is C15H20ClNO3. The van der Waals surface area contributed by atoms with E-state index in [0.717, 1.165) is 5.56 Å². The Morgan fingerprint density at radius 3 is 2.65 bits per heavy atom. The predicted molar refractivity (Wildman–Crippen MR) is 80.0 cm³/mol. The van der Waals surface area contributed by atoms with Gasteiger partial charge in [0.1, 0.15) is 6.23 Å². The minimum Gasteiger partial charge on any atom is -0.465 e. The predicted octanol–water partition coefficient (Wildman–Crippen LogP) is 3.71. The van der Waals surface area contributed by atoms with Gasteiger partial charge in [-0.05, 0) is 37.5 Å². The second-order valence-corrected chi connectivity index (χ2v) is 4.88. The van der Waals surface area contributed by atoms with Crippen LogP contribution in [0.15, 0.2) is 36.9 Å². The minimum absolute atomic E-state index is 0.00951. The molecule has 0 radical (unpaired) electrons. The van der Waals surface area contributed by atoms with Gasteiger partial charge in [-0.25, -0.2) is 4.79 Å². The quantitative estimate of drug-likeness (QED) is 0.568. The van der Waals surface area contributed by atoms with E-state index < -0.39 is 12.3 Å². The maximum absolute atomic E-state index is 10.9. The highest BCUT2D eigenvalue weighted by Crippen LogP contribution is 2.19. The summed E-state index contributed by atoms with van der Waals surface area (Å²) < 4.78 is 5.50. The highest BCUT2D eigenvalue weighted by atomic mass is 35.5. The Labute approximate surface area is 124 Å². The fourth-order valence-electron chi connectivity index (χ4n) is 2.05. The topological polar surface area (TPSA) is 58.6 Å². The molecule has 0 aromatic heterocycles. The van der Waals surface area contributed by atoms with Gasteiger partial charge >= 0.3 is 6.09 Å². The molecule has 2 N–H and O–H groups in total. The number of amides is 1. The van der Waals surface area contributed by atoms with Crippen LogP contribution in [0, 0.1) is 5.92 Å². The number of benzene rings is 1. The van der Waals surface area contributed by atoms with Crippen molar-refractivity contribution >= 4 is 17.7 Å². The summed E-state index contributed by atoms with van der Waals surface area (Å²) in [5.41, 5.74) is 1.08. The SMILES string of the molecule is C=CCC(Cc1ccc(Cl)cc1)C(NC(=O)O)OCC. The summed E-state index contributed by atoms with van der Waals surface area (Å²) in [6.07, 6.45) is 1.48. The molecule has 0 fully saturated rings. The fourth-order valence-corrected chi connectivity index (χ4v) is 2.17. The van der Waals surface area contributed by atoms with Crippen LogP contribution >= 0.6 is 11.6 Å². The summed E-state index contributed by atoms with van der Waals surface area (Å²) in [7, 11) is 0. The molecule has 20 heavy (non-hydrogen) atoms. The van der Waals surface area contributed by atoms with Crippen molar-refractivity contribution in [3.63, 3.8) is 0 Å². The number of rotatable bonds is 8. The first kappa shape index (κ1) is 16.5. The van der Waals surface area contributed by atoms with Gasteiger partial charge in [0, 0.05) is 17.5 Å².